The van der Waals surface area contributed by atoms with Crippen molar-refractivity contribution in [2.24, 2.45) is 23.7 Å². The molecule has 0 nitrogen and oxygen atoms in total. The Kier molecular flexibility index (Phi) is 9.09. The lowest BCUT2D eigenvalue weighted by molar-refractivity contribution is 0.142. The Bertz CT molecular complexity index is 335. The first kappa shape index (κ1) is 18.8. The Hall–Kier alpha value is -0.520. The second-order valence-electron chi connectivity index (χ2n) is 8.17. The van der Waals surface area contributed by atoms with Gasteiger partial charge >= 0.3 is 0 Å². The van der Waals surface area contributed by atoms with E-state index in [9.17, 15) is 0 Å². The Morgan fingerprint density at radius 3 is 1.57 bits per heavy atom. The normalized spacial score (nSPS) is 32.8. The fourth-order valence-electron chi connectivity index (χ4n) is 5.01. The summed E-state index contributed by atoms with van der Waals surface area (Å²) in [6, 6.07) is 0. The molecule has 0 aromatic carbocycles. The van der Waals surface area contributed by atoms with Gasteiger partial charge < -0.3 is 0 Å². The fraction of sp³-hybridized carbons (Fsp3) is 0.826. The van der Waals surface area contributed by atoms with Crippen LogP contribution in [-0.2, 0) is 0 Å². The molecule has 0 amide bonds. The molecule has 0 heterocycles. The first-order valence-corrected chi connectivity index (χ1v) is 10.6. The zero-order chi connectivity index (χ0) is 16.3. The lowest BCUT2D eigenvalue weighted by Gasteiger charge is -2.38. The van der Waals surface area contributed by atoms with Crippen molar-refractivity contribution in [3.63, 3.8) is 0 Å². The summed E-state index contributed by atoms with van der Waals surface area (Å²) in [5.74, 6) is 4.22. The molecule has 0 radical (unpaired) electrons. The molecule has 0 spiro atoms. The van der Waals surface area contributed by atoms with Gasteiger partial charge in [-0.25, -0.2) is 0 Å². The maximum atomic E-state index is 2.40. The van der Waals surface area contributed by atoms with Crippen LogP contribution < -0.4 is 0 Å². The molecular weight excluding hydrogens is 276 g/mol. The summed E-state index contributed by atoms with van der Waals surface area (Å²) in [5.41, 5.74) is 0. The molecule has 0 heteroatoms. The number of hydrogen-bond acceptors (Lipinski definition) is 0. The lowest BCUT2D eigenvalue weighted by Crippen LogP contribution is -2.25. The zero-order valence-corrected chi connectivity index (χ0v) is 15.8. The highest BCUT2D eigenvalue weighted by Gasteiger charge is 2.30. The number of rotatable bonds is 8. The van der Waals surface area contributed by atoms with Crippen molar-refractivity contribution >= 4 is 0 Å². The molecule has 23 heavy (non-hydrogen) atoms. The van der Waals surface area contributed by atoms with E-state index in [4.69, 9.17) is 0 Å². The molecule has 2 aliphatic rings. The highest BCUT2D eigenvalue weighted by molar-refractivity contribution is 4.85. The zero-order valence-electron chi connectivity index (χ0n) is 15.8. The van der Waals surface area contributed by atoms with Crippen LogP contribution in [0.1, 0.15) is 97.3 Å². The highest BCUT2D eigenvalue weighted by atomic mass is 14.4. The molecule has 2 rings (SSSR count). The standard InChI is InChI=1S/C23H40/c1-3-5-7-9-11-21-14-18-23(19-15-21)22-16-12-20(13-17-22)10-8-6-4-2/h4-7,20-23H,3,8-19H2,1-2H3. The second-order valence-corrected chi connectivity index (χ2v) is 8.17. The van der Waals surface area contributed by atoms with Gasteiger partial charge in [-0.1, -0.05) is 56.9 Å². The van der Waals surface area contributed by atoms with Crippen molar-refractivity contribution in [2.45, 2.75) is 97.3 Å². The van der Waals surface area contributed by atoms with E-state index in [2.05, 4.69) is 38.2 Å². The van der Waals surface area contributed by atoms with E-state index in [0.29, 0.717) is 0 Å². The molecule has 0 saturated heterocycles. The summed E-state index contributed by atoms with van der Waals surface area (Å²) in [6.45, 7) is 4.38. The van der Waals surface area contributed by atoms with Gasteiger partial charge in [-0.15, -0.1) is 0 Å². The molecular formula is C23H40. The van der Waals surface area contributed by atoms with E-state index in [-0.39, 0.29) is 0 Å². The van der Waals surface area contributed by atoms with Crippen LogP contribution in [0.3, 0.4) is 0 Å². The van der Waals surface area contributed by atoms with E-state index >= 15 is 0 Å². The van der Waals surface area contributed by atoms with Gasteiger partial charge in [-0.3, -0.25) is 0 Å². The molecule has 0 atom stereocenters. The smallest absolute Gasteiger partial charge is 0.0348 e. The Balaban J connectivity index is 1.60. The predicted octanol–water partition coefficient (Wildman–Crippen LogP) is 7.70. The van der Waals surface area contributed by atoms with Gasteiger partial charge in [0.2, 0.25) is 0 Å². The van der Waals surface area contributed by atoms with Crippen LogP contribution in [0.5, 0.6) is 0 Å². The molecule has 0 aromatic rings. The van der Waals surface area contributed by atoms with Crippen LogP contribution in [-0.4, -0.2) is 0 Å². The van der Waals surface area contributed by atoms with E-state index in [0.717, 1.165) is 23.7 Å². The van der Waals surface area contributed by atoms with Crippen molar-refractivity contribution in [1.82, 2.24) is 0 Å². The first-order valence-electron chi connectivity index (χ1n) is 10.6. The van der Waals surface area contributed by atoms with Crippen molar-refractivity contribution in [2.75, 3.05) is 0 Å². The molecule has 0 N–H and O–H groups in total. The summed E-state index contributed by atoms with van der Waals surface area (Å²) in [7, 11) is 0. The molecule has 0 aromatic heterocycles. The van der Waals surface area contributed by atoms with E-state index < -0.39 is 0 Å². The third-order valence-electron chi connectivity index (χ3n) is 6.57. The molecule has 0 aliphatic heterocycles. The van der Waals surface area contributed by atoms with Gasteiger partial charge in [0.05, 0.1) is 0 Å². The van der Waals surface area contributed by atoms with Gasteiger partial charge in [0, 0.05) is 0 Å². The Morgan fingerprint density at radius 2 is 1.13 bits per heavy atom. The van der Waals surface area contributed by atoms with Crippen LogP contribution >= 0.6 is 0 Å². The summed E-state index contributed by atoms with van der Waals surface area (Å²) in [5, 5.41) is 0. The van der Waals surface area contributed by atoms with Crippen molar-refractivity contribution < 1.29 is 0 Å². The Morgan fingerprint density at radius 1 is 0.652 bits per heavy atom. The maximum absolute atomic E-state index is 2.40. The van der Waals surface area contributed by atoms with Crippen LogP contribution in [0.25, 0.3) is 0 Å². The van der Waals surface area contributed by atoms with Crippen molar-refractivity contribution in [1.29, 1.82) is 0 Å². The average Bonchev–Trinajstić information content (AvgIpc) is 2.60. The first-order chi connectivity index (χ1) is 11.3. The summed E-state index contributed by atoms with van der Waals surface area (Å²) >= 11 is 0. The van der Waals surface area contributed by atoms with Gasteiger partial charge in [-0.2, -0.15) is 0 Å². The van der Waals surface area contributed by atoms with Gasteiger partial charge in [0.1, 0.15) is 0 Å². The fourth-order valence-corrected chi connectivity index (χ4v) is 5.01. The van der Waals surface area contributed by atoms with Gasteiger partial charge in [0.25, 0.3) is 0 Å². The minimum absolute atomic E-state index is 1.03. The third-order valence-corrected chi connectivity index (χ3v) is 6.57. The number of hydrogen-bond donors (Lipinski definition) is 0. The van der Waals surface area contributed by atoms with Crippen LogP contribution in [0.15, 0.2) is 24.3 Å². The molecule has 2 fully saturated rings. The quantitative estimate of drug-likeness (QED) is 0.402. The molecule has 2 aliphatic carbocycles. The van der Waals surface area contributed by atoms with Gasteiger partial charge in [0.15, 0.2) is 0 Å². The Labute approximate surface area is 145 Å². The minimum atomic E-state index is 1.03. The van der Waals surface area contributed by atoms with Crippen molar-refractivity contribution in [3.05, 3.63) is 24.3 Å². The minimum Gasteiger partial charge on any atom is -0.0917 e. The predicted molar refractivity (Wildman–Crippen MR) is 104 cm³/mol. The molecule has 0 unspecified atom stereocenters. The molecule has 132 valence electrons. The maximum Gasteiger partial charge on any atom is -0.0348 e. The second kappa shape index (κ2) is 11.1. The number of allylic oxidation sites excluding steroid dienone is 4. The van der Waals surface area contributed by atoms with E-state index in [1.54, 1.807) is 0 Å². The van der Waals surface area contributed by atoms with E-state index in [1.807, 2.05) is 0 Å². The monoisotopic (exact) mass is 316 g/mol. The summed E-state index contributed by atoms with van der Waals surface area (Å²) in [6.07, 6.45) is 28.2. The topological polar surface area (TPSA) is 0 Å². The molecule has 0 bridgehead atoms. The third kappa shape index (κ3) is 6.86. The average molecular weight is 317 g/mol. The van der Waals surface area contributed by atoms with Gasteiger partial charge in [-0.05, 0) is 88.4 Å². The summed E-state index contributed by atoms with van der Waals surface area (Å²) in [4.78, 5) is 0. The van der Waals surface area contributed by atoms with Crippen molar-refractivity contribution in [3.8, 4) is 0 Å². The SMILES string of the molecule is CC=CCCC1CCC(C2CCC(CCC=CCC)CC2)CC1. The van der Waals surface area contributed by atoms with Crippen LogP contribution in [0, 0.1) is 23.7 Å². The van der Waals surface area contributed by atoms with Crippen LogP contribution in [0.2, 0.25) is 0 Å². The largest absolute Gasteiger partial charge is 0.0917 e. The highest BCUT2D eigenvalue weighted by Crippen LogP contribution is 2.42. The summed E-state index contributed by atoms with van der Waals surface area (Å²) < 4.78 is 0. The van der Waals surface area contributed by atoms with E-state index in [1.165, 1.54) is 83.5 Å². The molecule has 2 saturated carbocycles. The lowest BCUT2D eigenvalue weighted by atomic mass is 9.68. The van der Waals surface area contributed by atoms with Crippen LogP contribution in [0.4, 0.5) is 0 Å².